The Labute approximate surface area is 174 Å². The Bertz CT molecular complexity index is 677. The molecule has 4 N–H and O–H groups in total. The molecule has 3 amide bonds. The smallest absolute Gasteiger partial charge is 0.321 e. The van der Waals surface area contributed by atoms with Gasteiger partial charge in [0, 0.05) is 6.04 Å². The Morgan fingerprint density at radius 2 is 1.76 bits per heavy atom. The number of urea groups is 1. The van der Waals surface area contributed by atoms with Crippen molar-refractivity contribution in [1.82, 2.24) is 10.6 Å². The fraction of sp³-hybridized carbons (Fsp3) is 0.565. The van der Waals surface area contributed by atoms with Gasteiger partial charge < -0.3 is 15.1 Å². The maximum absolute atomic E-state index is 12.5. The van der Waals surface area contributed by atoms with Crippen LogP contribution in [0.15, 0.2) is 36.4 Å². The number of carbonyl (C=O) groups excluding carboxylic acids is 2. The molecule has 3 rings (SSSR count). The van der Waals surface area contributed by atoms with E-state index in [-0.39, 0.29) is 24.0 Å². The molecule has 1 aromatic carbocycles. The third-order valence-corrected chi connectivity index (χ3v) is 6.30. The minimum Gasteiger partial charge on any atom is -0.335 e. The summed E-state index contributed by atoms with van der Waals surface area (Å²) in [4.78, 5) is 27.4. The third-order valence-electron chi connectivity index (χ3n) is 6.30. The zero-order valence-corrected chi connectivity index (χ0v) is 17.6. The molecule has 1 aliphatic carbocycles. The SMILES string of the molecule is C[C@@H](C(=O)NC(=O)NC1CCCCC1)[NH+]1CC[NH+](C/C=C/c2ccccc2)CC1. The van der Waals surface area contributed by atoms with E-state index < -0.39 is 0 Å². The van der Waals surface area contributed by atoms with Crippen molar-refractivity contribution in [3.63, 3.8) is 0 Å². The maximum atomic E-state index is 12.5. The lowest BCUT2D eigenvalue weighted by Gasteiger charge is -2.32. The lowest BCUT2D eigenvalue weighted by Crippen LogP contribution is -3.30. The number of carbonyl (C=O) groups is 2. The van der Waals surface area contributed by atoms with Crippen molar-refractivity contribution < 1.29 is 19.4 Å². The molecular weight excluding hydrogens is 364 g/mol. The average molecular weight is 401 g/mol. The summed E-state index contributed by atoms with van der Waals surface area (Å²) in [5, 5.41) is 5.52. The quantitative estimate of drug-likeness (QED) is 0.544. The van der Waals surface area contributed by atoms with Crippen LogP contribution in [-0.4, -0.2) is 56.7 Å². The van der Waals surface area contributed by atoms with Crippen LogP contribution in [0.3, 0.4) is 0 Å². The van der Waals surface area contributed by atoms with Crippen LogP contribution < -0.4 is 20.4 Å². The molecule has 29 heavy (non-hydrogen) atoms. The number of amides is 3. The number of quaternary nitrogens is 2. The highest BCUT2D eigenvalue weighted by Crippen LogP contribution is 2.17. The zero-order valence-electron chi connectivity index (χ0n) is 17.6. The minimum absolute atomic E-state index is 0.166. The van der Waals surface area contributed by atoms with E-state index in [1.807, 2.05) is 13.0 Å². The molecule has 158 valence electrons. The number of piperazine rings is 1. The van der Waals surface area contributed by atoms with E-state index in [0.29, 0.717) is 0 Å². The lowest BCUT2D eigenvalue weighted by molar-refractivity contribution is -1.02. The normalized spacial score (nSPS) is 24.2. The van der Waals surface area contributed by atoms with Crippen molar-refractivity contribution in [3.8, 4) is 0 Å². The molecule has 6 nitrogen and oxygen atoms in total. The van der Waals surface area contributed by atoms with Gasteiger partial charge in [-0.1, -0.05) is 55.7 Å². The largest absolute Gasteiger partial charge is 0.335 e. The molecule has 1 aromatic rings. The second-order valence-corrected chi connectivity index (χ2v) is 8.44. The highest BCUT2D eigenvalue weighted by atomic mass is 16.2. The van der Waals surface area contributed by atoms with Crippen molar-refractivity contribution >= 4 is 18.0 Å². The van der Waals surface area contributed by atoms with Crippen molar-refractivity contribution in [2.75, 3.05) is 32.7 Å². The topological polar surface area (TPSA) is 67.1 Å². The Hall–Kier alpha value is -2.18. The van der Waals surface area contributed by atoms with Crippen molar-refractivity contribution in [3.05, 3.63) is 42.0 Å². The molecule has 6 heteroatoms. The van der Waals surface area contributed by atoms with E-state index >= 15 is 0 Å². The van der Waals surface area contributed by atoms with Gasteiger partial charge in [0.1, 0.15) is 26.2 Å². The van der Waals surface area contributed by atoms with E-state index in [9.17, 15) is 9.59 Å². The van der Waals surface area contributed by atoms with Gasteiger partial charge >= 0.3 is 6.03 Å². The minimum atomic E-state index is -0.330. The summed E-state index contributed by atoms with van der Waals surface area (Å²) in [5.74, 6) is -0.166. The van der Waals surface area contributed by atoms with Crippen LogP contribution in [0.4, 0.5) is 4.79 Å². The van der Waals surface area contributed by atoms with Gasteiger partial charge in [-0.15, -0.1) is 0 Å². The van der Waals surface area contributed by atoms with Gasteiger partial charge in [0.25, 0.3) is 5.91 Å². The summed E-state index contributed by atoms with van der Waals surface area (Å²) in [6.07, 6.45) is 10.0. The van der Waals surface area contributed by atoms with E-state index in [0.717, 1.165) is 58.4 Å². The summed E-state index contributed by atoms with van der Waals surface area (Å²) in [7, 11) is 0. The molecule has 0 bridgehead atoms. The van der Waals surface area contributed by atoms with Crippen LogP contribution in [0.25, 0.3) is 6.08 Å². The molecule has 1 aliphatic heterocycles. The molecule has 1 saturated carbocycles. The van der Waals surface area contributed by atoms with Crippen molar-refractivity contribution in [1.29, 1.82) is 0 Å². The molecule has 0 radical (unpaired) electrons. The highest BCUT2D eigenvalue weighted by Gasteiger charge is 2.31. The molecule has 0 spiro atoms. The second-order valence-electron chi connectivity index (χ2n) is 8.44. The summed E-state index contributed by atoms with van der Waals surface area (Å²) >= 11 is 0. The number of hydrogen-bond donors (Lipinski definition) is 4. The van der Waals surface area contributed by atoms with E-state index in [2.05, 4.69) is 47.1 Å². The number of imide groups is 1. The van der Waals surface area contributed by atoms with E-state index in [4.69, 9.17) is 0 Å². The van der Waals surface area contributed by atoms with Crippen LogP contribution in [0.2, 0.25) is 0 Å². The Morgan fingerprint density at radius 1 is 1.07 bits per heavy atom. The predicted molar refractivity (Wildman–Crippen MR) is 115 cm³/mol. The fourth-order valence-electron chi connectivity index (χ4n) is 4.36. The van der Waals surface area contributed by atoms with Gasteiger partial charge in [-0.3, -0.25) is 10.1 Å². The molecule has 1 saturated heterocycles. The number of hydrogen-bond acceptors (Lipinski definition) is 2. The summed E-state index contributed by atoms with van der Waals surface area (Å²) < 4.78 is 0. The molecule has 1 heterocycles. The Morgan fingerprint density at radius 3 is 2.45 bits per heavy atom. The van der Waals surface area contributed by atoms with Gasteiger partial charge in [-0.05, 0) is 31.4 Å². The third kappa shape index (κ3) is 6.98. The molecule has 0 aromatic heterocycles. The summed E-state index contributed by atoms with van der Waals surface area (Å²) in [6.45, 7) is 6.92. The van der Waals surface area contributed by atoms with Gasteiger partial charge in [-0.2, -0.15) is 0 Å². The monoisotopic (exact) mass is 400 g/mol. The van der Waals surface area contributed by atoms with Crippen LogP contribution in [0.5, 0.6) is 0 Å². The average Bonchev–Trinajstić information content (AvgIpc) is 2.75. The molecule has 1 atom stereocenters. The van der Waals surface area contributed by atoms with Gasteiger partial charge in [0.2, 0.25) is 0 Å². The molecule has 2 fully saturated rings. The zero-order chi connectivity index (χ0) is 20.5. The van der Waals surface area contributed by atoms with Gasteiger partial charge in [0.15, 0.2) is 6.04 Å². The molecule has 2 aliphatic rings. The molecular formula is C23H36N4O2+2. The first-order valence-electron chi connectivity index (χ1n) is 11.1. The standard InChI is InChI=1S/C23H34N4O2/c1-19(22(28)25-23(29)24-21-12-6-3-7-13-21)27-17-15-26(16-18-27)14-8-11-20-9-4-2-5-10-20/h2,4-5,8-11,19,21H,3,6-7,12-18H2,1H3,(H2,24,25,28,29)/p+2/b11-8+/t19-/m0/s1. The van der Waals surface area contributed by atoms with E-state index in [1.165, 1.54) is 16.9 Å². The first kappa shape index (κ1) is 21.5. The Kier molecular flexibility index (Phi) is 8.25. The van der Waals surface area contributed by atoms with Gasteiger partial charge in [-0.25, -0.2) is 4.79 Å². The second kappa shape index (κ2) is 11.1. The van der Waals surface area contributed by atoms with Crippen molar-refractivity contribution in [2.24, 2.45) is 0 Å². The first-order chi connectivity index (χ1) is 14.1. The fourth-order valence-corrected chi connectivity index (χ4v) is 4.36. The van der Waals surface area contributed by atoms with Crippen LogP contribution in [0.1, 0.15) is 44.6 Å². The summed E-state index contributed by atoms with van der Waals surface area (Å²) in [5.41, 5.74) is 1.23. The van der Waals surface area contributed by atoms with Crippen LogP contribution in [-0.2, 0) is 4.79 Å². The number of nitrogens with one attached hydrogen (secondary N) is 4. The number of rotatable bonds is 6. The van der Waals surface area contributed by atoms with Crippen LogP contribution in [0, 0.1) is 0 Å². The van der Waals surface area contributed by atoms with E-state index in [1.54, 1.807) is 4.90 Å². The summed E-state index contributed by atoms with van der Waals surface area (Å²) in [6, 6.07) is 10.0. The Balaban J connectivity index is 1.36. The number of benzene rings is 1. The maximum Gasteiger partial charge on any atom is 0.321 e. The first-order valence-corrected chi connectivity index (χ1v) is 11.1. The lowest BCUT2D eigenvalue weighted by atomic mass is 9.96. The van der Waals surface area contributed by atoms with Crippen molar-refractivity contribution in [2.45, 2.75) is 51.1 Å². The van der Waals surface area contributed by atoms with Crippen LogP contribution >= 0.6 is 0 Å². The van der Waals surface area contributed by atoms with Gasteiger partial charge in [0.05, 0.1) is 6.54 Å². The highest BCUT2D eigenvalue weighted by molar-refractivity contribution is 5.96. The molecule has 0 unspecified atom stereocenters. The predicted octanol–water partition coefficient (Wildman–Crippen LogP) is 0.0302.